The van der Waals surface area contributed by atoms with Crippen LogP contribution in [-0.2, 0) is 16.3 Å². The highest BCUT2D eigenvalue weighted by atomic mass is 32.2. The topological polar surface area (TPSA) is 80.4 Å². The molecule has 0 aliphatic heterocycles. The van der Waals surface area contributed by atoms with Gasteiger partial charge in [0, 0.05) is 12.9 Å². The maximum absolute atomic E-state index is 11.4. The van der Waals surface area contributed by atoms with Gasteiger partial charge in [0.05, 0.1) is 4.90 Å². The lowest BCUT2D eigenvalue weighted by molar-refractivity contribution is 0.223. The molecule has 0 aliphatic carbocycles. The van der Waals surface area contributed by atoms with Crippen molar-refractivity contribution in [3.05, 3.63) is 29.8 Å². The zero-order chi connectivity index (χ0) is 12.9. The summed E-state index contributed by atoms with van der Waals surface area (Å²) in [5.41, 5.74) is 6.45. The minimum Gasteiger partial charge on any atom is -0.396 e. The number of hydrogen-bond acceptors (Lipinski definition) is 4. The van der Waals surface area contributed by atoms with E-state index >= 15 is 0 Å². The van der Waals surface area contributed by atoms with Gasteiger partial charge in [-0.05, 0) is 43.0 Å². The summed E-state index contributed by atoms with van der Waals surface area (Å²) in [6, 6.07) is 6.90. The molecule has 5 heteroatoms. The second kappa shape index (κ2) is 6.14. The van der Waals surface area contributed by atoms with E-state index in [2.05, 4.69) is 0 Å². The van der Waals surface area contributed by atoms with Crippen molar-refractivity contribution in [2.75, 3.05) is 19.4 Å². The molecule has 4 nitrogen and oxygen atoms in total. The minimum atomic E-state index is -3.15. The molecule has 0 bridgehead atoms. The van der Waals surface area contributed by atoms with Crippen LogP contribution in [0.15, 0.2) is 29.2 Å². The number of benzene rings is 1. The van der Waals surface area contributed by atoms with Gasteiger partial charge in [0.25, 0.3) is 0 Å². The highest BCUT2D eigenvalue weighted by molar-refractivity contribution is 7.90. The lowest BCUT2D eigenvalue weighted by Gasteiger charge is -2.11. The number of hydrogen-bond donors (Lipinski definition) is 2. The average Bonchev–Trinajstić information content (AvgIpc) is 2.30. The molecule has 0 aromatic heterocycles. The van der Waals surface area contributed by atoms with Gasteiger partial charge in [0.15, 0.2) is 9.84 Å². The van der Waals surface area contributed by atoms with Crippen LogP contribution in [0.4, 0.5) is 0 Å². The van der Waals surface area contributed by atoms with Crippen molar-refractivity contribution < 1.29 is 13.5 Å². The third-order valence-corrected chi connectivity index (χ3v) is 3.87. The maximum Gasteiger partial charge on any atom is 0.175 e. The lowest BCUT2D eigenvalue weighted by atomic mass is 10.0. The van der Waals surface area contributed by atoms with Crippen molar-refractivity contribution >= 4 is 9.84 Å². The van der Waals surface area contributed by atoms with E-state index in [9.17, 15) is 8.42 Å². The Morgan fingerprint density at radius 3 is 2.65 bits per heavy atom. The van der Waals surface area contributed by atoms with Gasteiger partial charge in [-0.25, -0.2) is 8.42 Å². The zero-order valence-corrected chi connectivity index (χ0v) is 10.8. The molecule has 0 heterocycles. The van der Waals surface area contributed by atoms with Crippen LogP contribution in [0.5, 0.6) is 0 Å². The largest absolute Gasteiger partial charge is 0.396 e. The number of aliphatic hydroxyl groups excluding tert-OH is 1. The minimum absolute atomic E-state index is 0.0717. The average molecular weight is 257 g/mol. The van der Waals surface area contributed by atoms with Gasteiger partial charge >= 0.3 is 0 Å². The fourth-order valence-corrected chi connectivity index (χ4v) is 2.28. The Bertz CT molecular complexity index is 453. The number of sulfone groups is 1. The third kappa shape index (κ3) is 4.46. The summed E-state index contributed by atoms with van der Waals surface area (Å²) in [7, 11) is -3.15. The van der Waals surface area contributed by atoms with Gasteiger partial charge in [-0.2, -0.15) is 0 Å². The summed E-state index contributed by atoms with van der Waals surface area (Å²) in [6.07, 6.45) is 2.69. The standard InChI is InChI=1S/C12H19NO3S/c1-17(15,16)12-4-2-3-10(7-12)5-6-11(8-13)9-14/h2-4,7,11,14H,5-6,8-9,13H2,1H3. The lowest BCUT2D eigenvalue weighted by Crippen LogP contribution is -2.18. The molecule has 0 spiro atoms. The third-order valence-electron chi connectivity index (χ3n) is 2.76. The van der Waals surface area contributed by atoms with Crippen molar-refractivity contribution in [3.63, 3.8) is 0 Å². The van der Waals surface area contributed by atoms with Crippen LogP contribution >= 0.6 is 0 Å². The quantitative estimate of drug-likeness (QED) is 0.781. The van der Waals surface area contributed by atoms with Gasteiger partial charge in [0.1, 0.15) is 0 Å². The number of aliphatic hydroxyl groups is 1. The van der Waals surface area contributed by atoms with Gasteiger partial charge in [-0.3, -0.25) is 0 Å². The number of aryl methyl sites for hydroxylation is 1. The van der Waals surface area contributed by atoms with E-state index in [1.54, 1.807) is 18.2 Å². The van der Waals surface area contributed by atoms with E-state index < -0.39 is 9.84 Å². The summed E-state index contributed by atoms with van der Waals surface area (Å²) < 4.78 is 22.8. The zero-order valence-electron chi connectivity index (χ0n) is 9.96. The highest BCUT2D eigenvalue weighted by Gasteiger charge is 2.09. The fourth-order valence-electron chi connectivity index (χ4n) is 1.59. The summed E-state index contributed by atoms with van der Waals surface area (Å²) >= 11 is 0. The first kappa shape index (κ1) is 14.2. The van der Waals surface area contributed by atoms with E-state index in [0.29, 0.717) is 11.4 Å². The van der Waals surface area contributed by atoms with Crippen molar-refractivity contribution in [1.82, 2.24) is 0 Å². The second-order valence-corrected chi connectivity index (χ2v) is 6.26. The molecule has 0 radical (unpaired) electrons. The van der Waals surface area contributed by atoms with Gasteiger partial charge in [0.2, 0.25) is 0 Å². The molecule has 0 fully saturated rings. The molecule has 1 aromatic rings. The number of nitrogens with two attached hydrogens (primary N) is 1. The molecule has 1 unspecified atom stereocenters. The van der Waals surface area contributed by atoms with Gasteiger partial charge in [-0.1, -0.05) is 12.1 Å². The Labute approximate surface area is 102 Å². The highest BCUT2D eigenvalue weighted by Crippen LogP contribution is 2.14. The van der Waals surface area contributed by atoms with Crippen LogP contribution in [0.25, 0.3) is 0 Å². The molecule has 0 amide bonds. The van der Waals surface area contributed by atoms with Crippen LogP contribution < -0.4 is 5.73 Å². The van der Waals surface area contributed by atoms with E-state index in [-0.39, 0.29) is 12.5 Å². The van der Waals surface area contributed by atoms with Crippen molar-refractivity contribution in [2.24, 2.45) is 11.7 Å². The smallest absolute Gasteiger partial charge is 0.175 e. The summed E-state index contributed by atoms with van der Waals surface area (Å²) in [5, 5.41) is 9.01. The van der Waals surface area contributed by atoms with Gasteiger partial charge < -0.3 is 10.8 Å². The first-order valence-corrected chi connectivity index (χ1v) is 7.46. The SMILES string of the molecule is CS(=O)(=O)c1cccc(CCC(CN)CO)c1. The second-order valence-electron chi connectivity index (χ2n) is 4.24. The molecule has 3 N–H and O–H groups in total. The maximum atomic E-state index is 11.4. The molecular weight excluding hydrogens is 238 g/mol. The van der Waals surface area contributed by atoms with Crippen LogP contribution in [0.2, 0.25) is 0 Å². The van der Waals surface area contributed by atoms with E-state index in [0.717, 1.165) is 18.4 Å². The van der Waals surface area contributed by atoms with Crippen LogP contribution in [-0.4, -0.2) is 32.9 Å². The fraction of sp³-hybridized carbons (Fsp3) is 0.500. The van der Waals surface area contributed by atoms with Crippen molar-refractivity contribution in [1.29, 1.82) is 0 Å². The summed E-state index contributed by atoms with van der Waals surface area (Å²) in [6.45, 7) is 0.518. The Morgan fingerprint density at radius 1 is 1.41 bits per heavy atom. The van der Waals surface area contributed by atoms with Crippen LogP contribution in [0.1, 0.15) is 12.0 Å². The van der Waals surface area contributed by atoms with Crippen molar-refractivity contribution in [2.45, 2.75) is 17.7 Å². The Hall–Kier alpha value is -0.910. The first-order chi connectivity index (χ1) is 7.97. The molecule has 96 valence electrons. The first-order valence-electron chi connectivity index (χ1n) is 5.57. The van der Waals surface area contributed by atoms with Crippen molar-refractivity contribution in [3.8, 4) is 0 Å². The molecule has 1 aromatic carbocycles. The Balaban J connectivity index is 2.73. The normalized spacial score (nSPS) is 13.6. The van der Waals surface area contributed by atoms with E-state index in [1.807, 2.05) is 6.07 Å². The molecule has 1 atom stereocenters. The predicted molar refractivity (Wildman–Crippen MR) is 67.5 cm³/mol. The number of rotatable bonds is 6. The predicted octanol–water partition coefficient (Wildman–Crippen LogP) is 0.590. The van der Waals surface area contributed by atoms with Crippen LogP contribution in [0, 0.1) is 5.92 Å². The molecule has 0 saturated carbocycles. The molecule has 0 aliphatic rings. The Morgan fingerprint density at radius 2 is 2.12 bits per heavy atom. The van der Waals surface area contributed by atoms with E-state index in [1.165, 1.54) is 6.26 Å². The monoisotopic (exact) mass is 257 g/mol. The van der Waals surface area contributed by atoms with Gasteiger partial charge in [-0.15, -0.1) is 0 Å². The summed E-state index contributed by atoms with van der Waals surface area (Å²) in [5.74, 6) is 0.0805. The molecule has 1 rings (SSSR count). The Kier molecular flexibility index (Phi) is 5.11. The van der Waals surface area contributed by atoms with E-state index in [4.69, 9.17) is 10.8 Å². The molecule has 17 heavy (non-hydrogen) atoms. The van der Waals surface area contributed by atoms with Crippen LogP contribution in [0.3, 0.4) is 0 Å². The summed E-state index contributed by atoms with van der Waals surface area (Å²) in [4.78, 5) is 0.336. The molecular formula is C12H19NO3S. The molecule has 0 saturated heterocycles.